The van der Waals surface area contributed by atoms with Gasteiger partial charge in [-0.05, 0) is 136 Å². The maximum atomic E-state index is 11.7. The number of carbonyl (C=O) groups excluding carboxylic acids is 1. The van der Waals surface area contributed by atoms with Crippen molar-refractivity contribution in [1.82, 2.24) is 0 Å². The number of rotatable bonds is 16. The summed E-state index contributed by atoms with van der Waals surface area (Å²) < 4.78 is 5.26. The number of benzene rings is 1. The number of hydrogen-bond acceptors (Lipinski definition) is 3. The van der Waals surface area contributed by atoms with Crippen molar-refractivity contribution in [2.75, 3.05) is 13.2 Å². The summed E-state index contributed by atoms with van der Waals surface area (Å²) in [6, 6.07) is 9.58. The summed E-state index contributed by atoms with van der Waals surface area (Å²) in [5, 5.41) is 9.04. The molecule has 3 aliphatic rings. The van der Waals surface area contributed by atoms with E-state index in [0.29, 0.717) is 12.5 Å². The number of aliphatic hydroxyl groups excluding tert-OH is 1. The summed E-state index contributed by atoms with van der Waals surface area (Å²) in [6.45, 7) is 8.17. The van der Waals surface area contributed by atoms with Crippen LogP contribution in [-0.4, -0.2) is 24.3 Å². The molecule has 0 aromatic heterocycles. The number of carbonyl (C=O) groups is 1. The van der Waals surface area contributed by atoms with Crippen LogP contribution in [0.1, 0.15) is 165 Å². The van der Waals surface area contributed by atoms with Gasteiger partial charge in [0.05, 0.1) is 18.8 Å². The van der Waals surface area contributed by atoms with E-state index in [0.717, 1.165) is 61.2 Å². The Balaban J connectivity index is 1.15. The molecule has 0 aliphatic heterocycles. The quantitative estimate of drug-likeness (QED) is 0.118. The minimum Gasteiger partial charge on any atom is -0.462 e. The van der Waals surface area contributed by atoms with Gasteiger partial charge in [0.25, 0.3) is 0 Å². The van der Waals surface area contributed by atoms with Crippen LogP contribution in [0.2, 0.25) is 0 Å². The van der Waals surface area contributed by atoms with E-state index in [2.05, 4.69) is 44.7 Å². The van der Waals surface area contributed by atoms with Gasteiger partial charge in [0.15, 0.2) is 0 Å². The zero-order chi connectivity index (χ0) is 30.4. The summed E-state index contributed by atoms with van der Waals surface area (Å²) in [4.78, 5) is 11.7. The van der Waals surface area contributed by atoms with Crippen molar-refractivity contribution in [2.24, 2.45) is 29.6 Å². The largest absolute Gasteiger partial charge is 0.462 e. The van der Waals surface area contributed by atoms with Gasteiger partial charge in [-0.2, -0.15) is 0 Å². The van der Waals surface area contributed by atoms with E-state index >= 15 is 0 Å². The summed E-state index contributed by atoms with van der Waals surface area (Å²) in [7, 11) is 0. The maximum Gasteiger partial charge on any atom is 0.335 e. The Labute approximate surface area is 264 Å². The number of esters is 1. The summed E-state index contributed by atoms with van der Waals surface area (Å²) in [5.41, 5.74) is 3.10. The van der Waals surface area contributed by atoms with Crippen molar-refractivity contribution >= 4 is 5.97 Å². The van der Waals surface area contributed by atoms with Crippen molar-refractivity contribution in [3.8, 4) is 0 Å². The third-order valence-corrected chi connectivity index (χ3v) is 12.0. The van der Waals surface area contributed by atoms with Gasteiger partial charge in [0.1, 0.15) is 0 Å². The first-order chi connectivity index (χ1) is 21.0. The maximum absolute atomic E-state index is 11.7. The minimum atomic E-state index is -0.480. The highest BCUT2D eigenvalue weighted by molar-refractivity contribution is 5.87. The summed E-state index contributed by atoms with van der Waals surface area (Å²) in [6.07, 6.45) is 27.7. The fourth-order valence-electron chi connectivity index (χ4n) is 9.17. The van der Waals surface area contributed by atoms with E-state index in [4.69, 9.17) is 9.84 Å². The van der Waals surface area contributed by atoms with Crippen molar-refractivity contribution in [3.05, 3.63) is 47.5 Å². The van der Waals surface area contributed by atoms with E-state index in [1.807, 2.05) is 0 Å². The number of ether oxygens (including phenoxy) is 1. The molecule has 0 bridgehead atoms. The molecule has 1 atom stereocenters. The van der Waals surface area contributed by atoms with Crippen LogP contribution in [0.4, 0.5) is 0 Å². The molecule has 1 unspecified atom stereocenters. The second-order valence-corrected chi connectivity index (χ2v) is 14.8. The number of hydrogen-bond donors (Lipinski definition) is 1. The average Bonchev–Trinajstić information content (AvgIpc) is 3.06. The Morgan fingerprint density at radius 3 is 1.86 bits per heavy atom. The van der Waals surface area contributed by atoms with Crippen LogP contribution >= 0.6 is 0 Å². The summed E-state index contributed by atoms with van der Waals surface area (Å²) in [5.74, 6) is 5.87. The molecule has 3 heteroatoms. The molecule has 3 saturated carbocycles. The molecule has 0 heterocycles. The third kappa shape index (κ3) is 10.5. The number of unbranched alkanes of at least 4 members (excludes halogenated alkanes) is 2. The van der Waals surface area contributed by atoms with Crippen LogP contribution in [0, 0.1) is 29.6 Å². The van der Waals surface area contributed by atoms with Crippen LogP contribution in [0.15, 0.2) is 36.4 Å². The van der Waals surface area contributed by atoms with Gasteiger partial charge < -0.3 is 9.84 Å². The lowest BCUT2D eigenvalue weighted by Gasteiger charge is -2.41. The Kier molecular flexibility index (Phi) is 14.6. The van der Waals surface area contributed by atoms with Crippen molar-refractivity contribution < 1.29 is 14.6 Å². The highest BCUT2D eigenvalue weighted by atomic mass is 16.5. The van der Waals surface area contributed by atoms with Crippen LogP contribution in [0.3, 0.4) is 0 Å². The SMILES string of the molecule is C=C(CO)C(=O)OCCCC(CCC)c1ccc(C2CCC(C3CCC(C4CCC(CCCCC)CC4)CC3)CC2)cc1. The Hall–Kier alpha value is -1.61. The van der Waals surface area contributed by atoms with Crippen molar-refractivity contribution in [3.63, 3.8) is 0 Å². The molecule has 3 nitrogen and oxygen atoms in total. The fraction of sp³-hybridized carbons (Fsp3) is 0.775. The van der Waals surface area contributed by atoms with E-state index in [-0.39, 0.29) is 12.2 Å². The molecule has 0 spiro atoms. The zero-order valence-corrected chi connectivity index (χ0v) is 27.9. The predicted molar refractivity (Wildman–Crippen MR) is 180 cm³/mol. The van der Waals surface area contributed by atoms with E-state index < -0.39 is 5.97 Å². The predicted octanol–water partition coefficient (Wildman–Crippen LogP) is 10.9. The summed E-state index contributed by atoms with van der Waals surface area (Å²) >= 11 is 0. The smallest absolute Gasteiger partial charge is 0.335 e. The fourth-order valence-corrected chi connectivity index (χ4v) is 9.17. The Bertz CT molecular complexity index is 927. The van der Waals surface area contributed by atoms with Crippen LogP contribution in [-0.2, 0) is 9.53 Å². The first-order valence-electron chi connectivity index (χ1n) is 18.6. The van der Waals surface area contributed by atoms with Gasteiger partial charge >= 0.3 is 5.97 Å². The van der Waals surface area contributed by atoms with Crippen LogP contribution < -0.4 is 0 Å². The lowest BCUT2D eigenvalue weighted by molar-refractivity contribution is -0.139. The normalized spacial score (nSPS) is 28.7. The molecule has 242 valence electrons. The third-order valence-electron chi connectivity index (χ3n) is 12.0. The van der Waals surface area contributed by atoms with E-state index in [9.17, 15) is 4.79 Å². The number of aliphatic hydroxyl groups is 1. The monoisotopic (exact) mass is 592 g/mol. The molecule has 0 saturated heterocycles. The second-order valence-electron chi connectivity index (χ2n) is 14.8. The van der Waals surface area contributed by atoms with Gasteiger partial charge in [-0.3, -0.25) is 0 Å². The van der Waals surface area contributed by atoms with Gasteiger partial charge in [-0.1, -0.05) is 89.6 Å². The van der Waals surface area contributed by atoms with E-state index in [1.165, 1.54) is 108 Å². The van der Waals surface area contributed by atoms with Crippen LogP contribution in [0.25, 0.3) is 0 Å². The topological polar surface area (TPSA) is 46.5 Å². The molecule has 0 radical (unpaired) electrons. The highest BCUT2D eigenvalue weighted by Gasteiger charge is 2.35. The standard InChI is InChI=1S/C40H64O3/c1-4-6-7-10-31-12-14-33(15-13-31)35-20-22-37(23-21-35)39-26-24-38(25-27-39)36-18-16-34(17-19-36)32(9-5-2)11-8-28-43-40(42)30(3)29-41/h16-19,31-33,35,37-39,41H,3-15,20-29H2,1-2H3. The Morgan fingerprint density at radius 2 is 1.33 bits per heavy atom. The minimum absolute atomic E-state index is 0.128. The van der Waals surface area contributed by atoms with Crippen LogP contribution in [0.5, 0.6) is 0 Å². The molecule has 43 heavy (non-hydrogen) atoms. The average molecular weight is 593 g/mol. The first kappa shape index (κ1) is 34.3. The van der Waals surface area contributed by atoms with Gasteiger partial charge in [0, 0.05) is 0 Å². The molecular formula is C40H64O3. The molecule has 3 aliphatic carbocycles. The lowest BCUT2D eigenvalue weighted by atomic mass is 9.64. The molecule has 3 fully saturated rings. The van der Waals surface area contributed by atoms with E-state index in [1.54, 1.807) is 5.56 Å². The van der Waals surface area contributed by atoms with Crippen molar-refractivity contribution in [2.45, 2.75) is 154 Å². The Morgan fingerprint density at radius 1 is 0.767 bits per heavy atom. The molecule has 4 rings (SSSR count). The van der Waals surface area contributed by atoms with Gasteiger partial charge in [-0.15, -0.1) is 0 Å². The van der Waals surface area contributed by atoms with Gasteiger partial charge in [-0.25, -0.2) is 4.79 Å². The molecular weight excluding hydrogens is 528 g/mol. The molecule has 1 aromatic carbocycles. The zero-order valence-electron chi connectivity index (χ0n) is 27.9. The second kappa shape index (κ2) is 18.4. The lowest BCUT2D eigenvalue weighted by Crippen LogP contribution is -2.29. The van der Waals surface area contributed by atoms with Gasteiger partial charge in [0.2, 0.25) is 0 Å². The molecule has 1 N–H and O–H groups in total. The first-order valence-corrected chi connectivity index (χ1v) is 18.6. The van der Waals surface area contributed by atoms with Crippen molar-refractivity contribution in [1.29, 1.82) is 0 Å². The molecule has 0 amide bonds. The highest BCUT2D eigenvalue weighted by Crippen LogP contribution is 2.47. The molecule has 1 aromatic rings.